The standard InChI is InChI=1S/C18H11FN2O4S/c19-12-6-4-10(5-7-12)8-14-15(22)20-18(26)21(16(14)23)13-3-1-2-11(9-13)17(24)25/h1-9H,(H,24,25)(H,20,22,26). The minimum Gasteiger partial charge on any atom is -0.478 e. The van der Waals surface area contributed by atoms with Gasteiger partial charge in [-0.3, -0.25) is 19.8 Å². The van der Waals surface area contributed by atoms with Crippen LogP contribution >= 0.6 is 12.2 Å². The summed E-state index contributed by atoms with van der Waals surface area (Å²) in [5.74, 6) is -2.99. The van der Waals surface area contributed by atoms with Crippen molar-refractivity contribution in [2.75, 3.05) is 4.90 Å². The summed E-state index contributed by atoms with van der Waals surface area (Å²) >= 11 is 5.06. The molecule has 1 aliphatic rings. The van der Waals surface area contributed by atoms with Crippen LogP contribution in [0.5, 0.6) is 0 Å². The summed E-state index contributed by atoms with van der Waals surface area (Å²) in [6.45, 7) is 0. The van der Waals surface area contributed by atoms with Gasteiger partial charge in [0.15, 0.2) is 5.11 Å². The van der Waals surface area contributed by atoms with Crippen molar-refractivity contribution in [1.29, 1.82) is 0 Å². The zero-order chi connectivity index (χ0) is 18.8. The molecule has 1 fully saturated rings. The molecule has 1 heterocycles. The van der Waals surface area contributed by atoms with Gasteiger partial charge in [-0.05, 0) is 54.2 Å². The molecule has 2 aromatic rings. The molecule has 130 valence electrons. The zero-order valence-electron chi connectivity index (χ0n) is 13.1. The number of hydrogen-bond donors (Lipinski definition) is 2. The van der Waals surface area contributed by atoms with Crippen LogP contribution in [0.25, 0.3) is 6.08 Å². The van der Waals surface area contributed by atoms with Crippen molar-refractivity contribution >= 4 is 46.9 Å². The molecule has 0 unspecified atom stereocenters. The lowest BCUT2D eigenvalue weighted by Crippen LogP contribution is -2.54. The van der Waals surface area contributed by atoms with Crippen LogP contribution in [0.1, 0.15) is 15.9 Å². The van der Waals surface area contributed by atoms with Crippen molar-refractivity contribution in [2.45, 2.75) is 0 Å². The topological polar surface area (TPSA) is 86.7 Å². The number of carbonyl (C=O) groups is 3. The fourth-order valence-electron chi connectivity index (χ4n) is 2.40. The van der Waals surface area contributed by atoms with Gasteiger partial charge in [0.25, 0.3) is 11.8 Å². The van der Waals surface area contributed by atoms with E-state index in [4.69, 9.17) is 17.3 Å². The highest BCUT2D eigenvalue weighted by Gasteiger charge is 2.34. The highest BCUT2D eigenvalue weighted by Crippen LogP contribution is 2.23. The molecule has 1 saturated heterocycles. The number of nitrogens with zero attached hydrogens (tertiary/aromatic N) is 1. The van der Waals surface area contributed by atoms with Crippen molar-refractivity contribution in [1.82, 2.24) is 5.32 Å². The molecule has 0 spiro atoms. The minimum absolute atomic E-state index is 0.0286. The van der Waals surface area contributed by atoms with E-state index in [2.05, 4.69) is 5.32 Å². The number of anilines is 1. The summed E-state index contributed by atoms with van der Waals surface area (Å²) in [5.41, 5.74) is 0.437. The Labute approximate surface area is 152 Å². The Bertz CT molecular complexity index is 969. The van der Waals surface area contributed by atoms with Gasteiger partial charge in [-0.1, -0.05) is 18.2 Å². The van der Waals surface area contributed by atoms with Gasteiger partial charge in [0.05, 0.1) is 11.3 Å². The number of carboxylic acid groups (broad SMARTS) is 1. The van der Waals surface area contributed by atoms with Crippen LogP contribution in [0.3, 0.4) is 0 Å². The number of hydrogen-bond acceptors (Lipinski definition) is 4. The Morgan fingerprint density at radius 1 is 1.15 bits per heavy atom. The Morgan fingerprint density at radius 2 is 1.85 bits per heavy atom. The normalized spacial score (nSPS) is 16.0. The molecule has 2 N–H and O–H groups in total. The maximum absolute atomic E-state index is 13.0. The van der Waals surface area contributed by atoms with Crippen LogP contribution in [0.4, 0.5) is 10.1 Å². The maximum Gasteiger partial charge on any atom is 0.335 e. The monoisotopic (exact) mass is 370 g/mol. The Morgan fingerprint density at radius 3 is 2.50 bits per heavy atom. The number of nitrogens with one attached hydrogen (secondary N) is 1. The molecule has 0 saturated carbocycles. The molecule has 0 aliphatic carbocycles. The van der Waals surface area contributed by atoms with E-state index in [1.165, 1.54) is 54.6 Å². The Kier molecular flexibility index (Phi) is 4.59. The van der Waals surface area contributed by atoms with Crippen LogP contribution in [0.15, 0.2) is 54.1 Å². The van der Waals surface area contributed by atoms with Crippen molar-refractivity contribution < 1.29 is 23.9 Å². The van der Waals surface area contributed by atoms with E-state index in [9.17, 15) is 18.8 Å². The number of halogens is 1. The first-order valence-electron chi connectivity index (χ1n) is 7.37. The first-order chi connectivity index (χ1) is 12.4. The van der Waals surface area contributed by atoms with Crippen LogP contribution in [0, 0.1) is 5.82 Å². The third-order valence-corrected chi connectivity index (χ3v) is 3.92. The number of rotatable bonds is 3. The summed E-state index contributed by atoms with van der Waals surface area (Å²) in [5, 5.41) is 11.3. The summed E-state index contributed by atoms with van der Waals surface area (Å²) < 4.78 is 13.0. The number of aromatic carboxylic acids is 1. The second-order valence-corrected chi connectivity index (χ2v) is 5.75. The van der Waals surface area contributed by atoms with Gasteiger partial charge in [0, 0.05) is 0 Å². The Hall–Kier alpha value is -3.39. The van der Waals surface area contributed by atoms with Crippen LogP contribution in [-0.2, 0) is 9.59 Å². The van der Waals surface area contributed by atoms with Crippen molar-refractivity contribution in [3.8, 4) is 0 Å². The minimum atomic E-state index is -1.16. The van der Waals surface area contributed by atoms with Gasteiger partial charge in [-0.15, -0.1) is 0 Å². The smallest absolute Gasteiger partial charge is 0.335 e. The molecule has 0 atom stereocenters. The predicted molar refractivity (Wildman–Crippen MR) is 96.0 cm³/mol. The molecule has 2 aromatic carbocycles. The predicted octanol–water partition coefficient (Wildman–Crippen LogP) is 2.36. The zero-order valence-corrected chi connectivity index (χ0v) is 13.9. The summed E-state index contributed by atoms with van der Waals surface area (Å²) in [4.78, 5) is 37.1. The molecule has 1 aliphatic heterocycles. The average molecular weight is 370 g/mol. The van der Waals surface area contributed by atoms with E-state index in [1.54, 1.807) is 0 Å². The molecular formula is C18H11FN2O4S. The van der Waals surface area contributed by atoms with E-state index in [0.29, 0.717) is 5.56 Å². The van der Waals surface area contributed by atoms with E-state index in [0.717, 1.165) is 4.90 Å². The molecule has 0 radical (unpaired) electrons. The van der Waals surface area contributed by atoms with Gasteiger partial charge in [0.2, 0.25) is 0 Å². The van der Waals surface area contributed by atoms with Crippen LogP contribution < -0.4 is 10.2 Å². The molecule has 26 heavy (non-hydrogen) atoms. The molecule has 8 heteroatoms. The van der Waals surface area contributed by atoms with Crippen molar-refractivity contribution in [3.63, 3.8) is 0 Å². The number of amides is 2. The first-order valence-corrected chi connectivity index (χ1v) is 7.78. The quantitative estimate of drug-likeness (QED) is 0.492. The average Bonchev–Trinajstić information content (AvgIpc) is 2.60. The molecule has 6 nitrogen and oxygen atoms in total. The van der Waals surface area contributed by atoms with Crippen molar-refractivity contribution in [2.24, 2.45) is 0 Å². The number of thiocarbonyl (C=S) groups is 1. The number of carbonyl (C=O) groups excluding carboxylic acids is 2. The molecular weight excluding hydrogens is 359 g/mol. The molecule has 0 bridgehead atoms. The van der Waals surface area contributed by atoms with Gasteiger partial charge in [-0.2, -0.15) is 0 Å². The van der Waals surface area contributed by atoms with E-state index in [1.807, 2.05) is 0 Å². The van der Waals surface area contributed by atoms with Gasteiger partial charge >= 0.3 is 5.97 Å². The second kappa shape index (κ2) is 6.85. The fraction of sp³-hybridized carbons (Fsp3) is 0. The lowest BCUT2D eigenvalue weighted by Gasteiger charge is -2.29. The molecule has 2 amide bonds. The first kappa shape index (κ1) is 17.4. The van der Waals surface area contributed by atoms with E-state index < -0.39 is 23.6 Å². The van der Waals surface area contributed by atoms with Gasteiger partial charge < -0.3 is 5.11 Å². The SMILES string of the molecule is O=C1NC(=S)N(c2cccc(C(=O)O)c2)C(=O)C1=Cc1ccc(F)cc1. The van der Waals surface area contributed by atoms with E-state index >= 15 is 0 Å². The third kappa shape index (κ3) is 3.35. The Balaban J connectivity index is 2.02. The van der Waals surface area contributed by atoms with Crippen LogP contribution in [-0.4, -0.2) is 28.0 Å². The summed E-state index contributed by atoms with van der Waals surface area (Å²) in [7, 11) is 0. The van der Waals surface area contributed by atoms with Gasteiger partial charge in [0.1, 0.15) is 11.4 Å². The van der Waals surface area contributed by atoms with Crippen LogP contribution in [0.2, 0.25) is 0 Å². The lowest BCUT2D eigenvalue weighted by atomic mass is 10.1. The highest BCUT2D eigenvalue weighted by molar-refractivity contribution is 7.80. The highest BCUT2D eigenvalue weighted by atomic mass is 32.1. The summed E-state index contributed by atoms with van der Waals surface area (Å²) in [6.07, 6.45) is 1.31. The van der Waals surface area contributed by atoms with Crippen molar-refractivity contribution in [3.05, 3.63) is 71.0 Å². The second-order valence-electron chi connectivity index (χ2n) is 5.36. The molecule has 3 rings (SSSR count). The summed E-state index contributed by atoms with van der Waals surface area (Å²) in [6, 6.07) is 10.9. The third-order valence-electron chi connectivity index (χ3n) is 3.63. The number of benzene rings is 2. The maximum atomic E-state index is 13.0. The largest absolute Gasteiger partial charge is 0.478 e. The van der Waals surface area contributed by atoms with E-state index in [-0.39, 0.29) is 21.9 Å². The fourth-order valence-corrected chi connectivity index (χ4v) is 2.68. The van der Waals surface area contributed by atoms with Gasteiger partial charge in [-0.25, -0.2) is 9.18 Å². The lowest BCUT2D eigenvalue weighted by molar-refractivity contribution is -0.122. The number of carboxylic acids is 1. The molecule has 0 aromatic heterocycles.